The van der Waals surface area contributed by atoms with E-state index in [9.17, 15) is 9.59 Å². The van der Waals surface area contributed by atoms with Crippen molar-refractivity contribution in [2.75, 3.05) is 6.54 Å². The van der Waals surface area contributed by atoms with E-state index in [1.807, 2.05) is 11.8 Å². The van der Waals surface area contributed by atoms with Gasteiger partial charge in [-0.1, -0.05) is 13.3 Å². The summed E-state index contributed by atoms with van der Waals surface area (Å²) in [5.74, 6) is -0.191. The Balaban J connectivity index is 1.92. The zero-order chi connectivity index (χ0) is 13.8. The number of aliphatic carboxylic acids is 1. The van der Waals surface area contributed by atoms with Crippen LogP contribution in [0.15, 0.2) is 0 Å². The summed E-state index contributed by atoms with van der Waals surface area (Å²) in [6.45, 7) is 2.72. The summed E-state index contributed by atoms with van der Waals surface area (Å²) in [5.41, 5.74) is 0. The van der Waals surface area contributed by atoms with Gasteiger partial charge < -0.3 is 15.3 Å². The minimum atomic E-state index is -0.857. The smallest absolute Gasteiger partial charge is 0.317 e. The Bertz CT molecular complexity index is 346. The van der Waals surface area contributed by atoms with Gasteiger partial charge in [0, 0.05) is 18.6 Å². The highest BCUT2D eigenvalue weighted by Crippen LogP contribution is 2.36. The van der Waals surface area contributed by atoms with E-state index in [1.165, 1.54) is 19.3 Å². The monoisotopic (exact) mass is 268 g/mol. The van der Waals surface area contributed by atoms with Crippen molar-refractivity contribution in [1.29, 1.82) is 0 Å². The Labute approximate surface area is 114 Å². The molecule has 2 amide bonds. The molecule has 3 atom stereocenters. The van der Waals surface area contributed by atoms with Gasteiger partial charge in [0.1, 0.15) is 0 Å². The molecule has 2 N–H and O–H groups in total. The van der Waals surface area contributed by atoms with Crippen molar-refractivity contribution in [2.24, 2.45) is 5.92 Å². The Kier molecular flexibility index (Phi) is 4.66. The highest BCUT2D eigenvalue weighted by molar-refractivity contribution is 5.76. The summed E-state index contributed by atoms with van der Waals surface area (Å²) < 4.78 is 0. The van der Waals surface area contributed by atoms with Crippen LogP contribution in [0.5, 0.6) is 0 Å². The zero-order valence-electron chi connectivity index (χ0n) is 11.6. The largest absolute Gasteiger partial charge is 0.481 e. The van der Waals surface area contributed by atoms with Crippen LogP contribution in [0.1, 0.15) is 51.9 Å². The molecule has 0 aromatic carbocycles. The van der Waals surface area contributed by atoms with Gasteiger partial charge in [-0.25, -0.2) is 4.79 Å². The average molecular weight is 268 g/mol. The number of piperidine rings is 1. The Morgan fingerprint density at radius 2 is 2.05 bits per heavy atom. The molecule has 2 fully saturated rings. The van der Waals surface area contributed by atoms with Gasteiger partial charge in [-0.2, -0.15) is 0 Å². The van der Waals surface area contributed by atoms with Crippen LogP contribution in [-0.2, 0) is 4.79 Å². The lowest BCUT2D eigenvalue weighted by molar-refractivity contribution is -0.137. The molecule has 2 rings (SSSR count). The zero-order valence-corrected chi connectivity index (χ0v) is 11.6. The van der Waals surface area contributed by atoms with Gasteiger partial charge in [-0.05, 0) is 38.0 Å². The van der Waals surface area contributed by atoms with Gasteiger partial charge in [-0.15, -0.1) is 0 Å². The molecule has 1 aliphatic heterocycles. The number of amides is 2. The normalized spacial score (nSPS) is 27.7. The summed E-state index contributed by atoms with van der Waals surface area (Å²) in [4.78, 5) is 25.0. The predicted molar refractivity (Wildman–Crippen MR) is 71.9 cm³/mol. The molecule has 5 heteroatoms. The lowest BCUT2D eigenvalue weighted by Gasteiger charge is -2.38. The van der Waals surface area contributed by atoms with Crippen molar-refractivity contribution in [2.45, 2.75) is 64.0 Å². The molecular weight excluding hydrogens is 244 g/mol. The number of hydrogen-bond donors (Lipinski definition) is 2. The number of carboxylic acid groups (broad SMARTS) is 1. The second-order valence-electron chi connectivity index (χ2n) is 5.75. The van der Waals surface area contributed by atoms with Crippen LogP contribution in [-0.4, -0.2) is 40.6 Å². The summed E-state index contributed by atoms with van der Waals surface area (Å²) in [6, 6.07) is 0.0626. The predicted octanol–water partition coefficient (Wildman–Crippen LogP) is 2.21. The standard InChI is InChI=1S/C14H24N2O3/c1-2-11(9-13(17)18)15-14(19)16-8-4-6-10-5-3-7-12(10)16/h10-12H,2-9H2,1H3,(H,15,19)(H,17,18). The minimum absolute atomic E-state index is 0.00414. The average Bonchev–Trinajstić information content (AvgIpc) is 2.85. The van der Waals surface area contributed by atoms with Crippen molar-refractivity contribution in [1.82, 2.24) is 10.2 Å². The first-order chi connectivity index (χ1) is 9.11. The molecule has 1 aliphatic carbocycles. The molecule has 0 aromatic heterocycles. The van der Waals surface area contributed by atoms with Crippen molar-refractivity contribution in [3.8, 4) is 0 Å². The first kappa shape index (κ1) is 14.2. The number of fused-ring (bicyclic) bond motifs is 1. The van der Waals surface area contributed by atoms with E-state index in [4.69, 9.17) is 5.11 Å². The number of nitrogens with one attached hydrogen (secondary N) is 1. The molecule has 1 saturated carbocycles. The van der Waals surface area contributed by atoms with E-state index >= 15 is 0 Å². The molecule has 108 valence electrons. The van der Waals surface area contributed by atoms with Crippen LogP contribution in [0, 0.1) is 5.92 Å². The third kappa shape index (κ3) is 3.39. The van der Waals surface area contributed by atoms with E-state index in [2.05, 4.69) is 5.32 Å². The second-order valence-corrected chi connectivity index (χ2v) is 5.75. The third-order valence-corrected chi connectivity index (χ3v) is 4.50. The number of carbonyl (C=O) groups is 2. The van der Waals surface area contributed by atoms with Crippen LogP contribution in [0.4, 0.5) is 4.79 Å². The Hall–Kier alpha value is -1.26. The quantitative estimate of drug-likeness (QED) is 0.821. The lowest BCUT2D eigenvalue weighted by atomic mass is 9.92. The van der Waals surface area contributed by atoms with E-state index < -0.39 is 5.97 Å². The molecule has 5 nitrogen and oxygen atoms in total. The Morgan fingerprint density at radius 3 is 2.74 bits per heavy atom. The SMILES string of the molecule is CCC(CC(=O)O)NC(=O)N1CCCC2CCCC21. The van der Waals surface area contributed by atoms with Crippen molar-refractivity contribution >= 4 is 12.0 Å². The van der Waals surface area contributed by atoms with Gasteiger partial charge >= 0.3 is 12.0 Å². The molecule has 2 aliphatic rings. The third-order valence-electron chi connectivity index (χ3n) is 4.50. The number of carboxylic acids is 1. The summed E-state index contributed by atoms with van der Waals surface area (Å²) in [6.07, 6.45) is 6.52. The fourth-order valence-corrected chi connectivity index (χ4v) is 3.47. The lowest BCUT2D eigenvalue weighted by Crippen LogP contribution is -2.52. The van der Waals surface area contributed by atoms with Gasteiger partial charge in [0.15, 0.2) is 0 Å². The maximum absolute atomic E-state index is 12.3. The van der Waals surface area contributed by atoms with E-state index in [0.717, 1.165) is 19.4 Å². The Morgan fingerprint density at radius 1 is 1.32 bits per heavy atom. The number of carbonyl (C=O) groups excluding carboxylic acids is 1. The highest BCUT2D eigenvalue weighted by atomic mass is 16.4. The second kappa shape index (κ2) is 6.26. The molecule has 1 heterocycles. The first-order valence-corrected chi connectivity index (χ1v) is 7.40. The van der Waals surface area contributed by atoms with Crippen LogP contribution >= 0.6 is 0 Å². The summed E-state index contributed by atoms with van der Waals surface area (Å²) in [7, 11) is 0. The van der Waals surface area contributed by atoms with Gasteiger partial charge in [0.25, 0.3) is 0 Å². The molecule has 3 unspecified atom stereocenters. The molecule has 0 spiro atoms. The maximum atomic E-state index is 12.3. The molecule has 0 aromatic rings. The van der Waals surface area contributed by atoms with E-state index in [0.29, 0.717) is 18.4 Å². The highest BCUT2D eigenvalue weighted by Gasteiger charge is 2.37. The number of urea groups is 1. The molecule has 19 heavy (non-hydrogen) atoms. The van der Waals surface area contributed by atoms with E-state index in [-0.39, 0.29) is 18.5 Å². The molecule has 0 bridgehead atoms. The first-order valence-electron chi connectivity index (χ1n) is 7.40. The fraction of sp³-hybridized carbons (Fsp3) is 0.857. The number of likely N-dealkylation sites (tertiary alicyclic amines) is 1. The van der Waals surface area contributed by atoms with Crippen molar-refractivity contribution in [3.05, 3.63) is 0 Å². The van der Waals surface area contributed by atoms with Crippen molar-refractivity contribution < 1.29 is 14.7 Å². The minimum Gasteiger partial charge on any atom is -0.481 e. The fourth-order valence-electron chi connectivity index (χ4n) is 3.47. The topological polar surface area (TPSA) is 69.6 Å². The van der Waals surface area contributed by atoms with Crippen LogP contribution in [0.3, 0.4) is 0 Å². The van der Waals surface area contributed by atoms with Gasteiger partial charge in [-0.3, -0.25) is 4.79 Å². The van der Waals surface area contributed by atoms with Crippen LogP contribution in [0.2, 0.25) is 0 Å². The van der Waals surface area contributed by atoms with Crippen molar-refractivity contribution in [3.63, 3.8) is 0 Å². The molecule has 1 saturated heterocycles. The van der Waals surface area contributed by atoms with Gasteiger partial charge in [0.05, 0.1) is 6.42 Å². The van der Waals surface area contributed by atoms with E-state index in [1.54, 1.807) is 0 Å². The number of hydrogen-bond acceptors (Lipinski definition) is 2. The van der Waals surface area contributed by atoms with Gasteiger partial charge in [0.2, 0.25) is 0 Å². The molecule has 0 radical (unpaired) electrons. The summed E-state index contributed by atoms with van der Waals surface area (Å²) >= 11 is 0. The maximum Gasteiger partial charge on any atom is 0.317 e. The molecular formula is C14H24N2O3. The van der Waals surface area contributed by atoms with Crippen LogP contribution < -0.4 is 5.32 Å². The number of nitrogens with zero attached hydrogens (tertiary/aromatic N) is 1. The summed E-state index contributed by atoms with van der Waals surface area (Å²) in [5, 5.41) is 11.7. The van der Waals surface area contributed by atoms with Crippen LogP contribution in [0.25, 0.3) is 0 Å². The number of rotatable bonds is 4.